The van der Waals surface area contributed by atoms with E-state index >= 15 is 0 Å². The van der Waals surface area contributed by atoms with Crippen LogP contribution < -0.4 is 78.4 Å². The van der Waals surface area contributed by atoms with E-state index in [-0.39, 0.29) is 85.1 Å². The quantitative estimate of drug-likeness (QED) is 0.163. The first-order chi connectivity index (χ1) is 56.5. The molecule has 11 aromatic carbocycles. The van der Waals surface area contributed by atoms with Crippen LogP contribution in [-0.2, 0) is 65.0 Å². The summed E-state index contributed by atoms with van der Waals surface area (Å²) in [5, 5.41) is 0. The highest BCUT2D eigenvalue weighted by Gasteiger charge is 2.57. The monoisotopic (exact) mass is 1620 g/mol. The molecule has 0 aliphatic carbocycles. The Bertz CT molecular complexity index is 6210. The predicted molar refractivity (Wildman–Crippen MR) is 538 cm³/mol. The summed E-state index contributed by atoms with van der Waals surface area (Å²) < 4.78 is 8.03. The third-order valence-corrected chi connectivity index (χ3v) is 28.5. The van der Waals surface area contributed by atoms with E-state index in [4.69, 9.17) is 4.74 Å². The van der Waals surface area contributed by atoms with E-state index in [0.29, 0.717) is 0 Å². The minimum atomic E-state index is -0.302. The molecule has 0 radical (unpaired) electrons. The minimum absolute atomic E-state index is 0.127. The average Bonchev–Trinajstić information content (AvgIpc) is 0.654. The van der Waals surface area contributed by atoms with Crippen molar-refractivity contribution >= 4 is 155 Å². The maximum atomic E-state index is 8.03. The summed E-state index contributed by atoms with van der Waals surface area (Å²) in [7, 11) is 0. The fourth-order valence-electron chi connectivity index (χ4n) is 20.6. The third-order valence-electron chi connectivity index (χ3n) is 28.5. The van der Waals surface area contributed by atoms with Gasteiger partial charge < -0.3 is 29.2 Å². The van der Waals surface area contributed by atoms with Crippen molar-refractivity contribution in [2.24, 2.45) is 0 Å². The first kappa shape index (κ1) is 84.3. The van der Waals surface area contributed by atoms with E-state index in [2.05, 4.69) is 444 Å². The second-order valence-electron chi connectivity index (χ2n) is 50.3. The highest BCUT2D eigenvalue weighted by Crippen LogP contribution is 2.60. The normalized spacial score (nSPS) is 15.4. The number of ether oxygens (including phenoxy) is 1. The van der Waals surface area contributed by atoms with Gasteiger partial charge in [-0.25, -0.2) is 0 Å². The summed E-state index contributed by atoms with van der Waals surface area (Å²) in [6.07, 6.45) is 0. The van der Waals surface area contributed by atoms with Crippen LogP contribution in [0.25, 0.3) is 0 Å². The van der Waals surface area contributed by atoms with Crippen molar-refractivity contribution in [2.45, 2.75) is 314 Å². The molecule has 0 saturated carbocycles. The van der Waals surface area contributed by atoms with Crippen molar-refractivity contribution in [3.63, 3.8) is 0 Å². The van der Waals surface area contributed by atoms with Crippen LogP contribution in [0.1, 0.15) is 316 Å². The molecule has 18 rings (SSSR count). The number of nitrogens with zero attached hydrogens (tertiary/aromatic N) is 5. The Kier molecular flexibility index (Phi) is 18.2. The molecule has 7 aliphatic heterocycles. The van der Waals surface area contributed by atoms with Crippen LogP contribution in [-0.4, -0.2) is 20.1 Å². The molecular weight excluding hydrogens is 1490 g/mol. The van der Waals surface area contributed by atoms with Gasteiger partial charge in [-0.1, -0.05) is 322 Å². The van der Waals surface area contributed by atoms with Gasteiger partial charge in [-0.3, -0.25) is 0 Å². The van der Waals surface area contributed by atoms with Crippen LogP contribution in [0.2, 0.25) is 0 Å². The molecule has 11 aromatic rings. The molecule has 0 saturated heterocycles. The lowest BCUT2D eigenvalue weighted by Gasteiger charge is -2.53. The zero-order valence-electron chi connectivity index (χ0n) is 81.5. The molecular formula is C114H136B3N5O. The fourth-order valence-corrected chi connectivity index (χ4v) is 20.6. The van der Waals surface area contributed by atoms with Crippen molar-refractivity contribution in [1.29, 1.82) is 0 Å². The highest BCUT2D eigenvalue weighted by atomic mass is 16.5. The first-order valence-corrected chi connectivity index (χ1v) is 46.1. The van der Waals surface area contributed by atoms with Crippen LogP contribution in [0.15, 0.2) is 170 Å². The lowest BCUT2D eigenvalue weighted by molar-refractivity contribution is 0.470. The summed E-state index contributed by atoms with van der Waals surface area (Å²) in [6.45, 7) is 85.7. The molecule has 6 nitrogen and oxygen atoms in total. The van der Waals surface area contributed by atoms with E-state index in [1.54, 1.807) is 0 Å². The molecule has 9 heteroatoms. The minimum Gasteiger partial charge on any atom is -0.453 e. The van der Waals surface area contributed by atoms with Gasteiger partial charge in [-0.15, -0.1) is 0 Å². The molecule has 0 amide bonds. The molecule has 123 heavy (non-hydrogen) atoms. The zero-order chi connectivity index (χ0) is 89.1. The number of fused-ring (bicyclic) bond motifs is 10. The van der Waals surface area contributed by atoms with Crippen LogP contribution in [0.3, 0.4) is 0 Å². The lowest BCUT2D eigenvalue weighted by atomic mass is 9.27. The van der Waals surface area contributed by atoms with Crippen LogP contribution in [0, 0.1) is 0 Å². The van der Waals surface area contributed by atoms with E-state index < -0.39 is 0 Å². The van der Waals surface area contributed by atoms with Gasteiger partial charge in [-0.05, 0) is 278 Å². The lowest BCUT2D eigenvalue weighted by Crippen LogP contribution is -2.70. The second kappa shape index (κ2) is 26.5. The molecule has 0 bridgehead atoms. The average molecular weight is 1620 g/mol. The van der Waals surface area contributed by atoms with Gasteiger partial charge >= 0.3 is 0 Å². The maximum Gasteiger partial charge on any atom is 0.252 e. The summed E-state index contributed by atoms with van der Waals surface area (Å²) in [5.41, 5.74) is 43.1. The third kappa shape index (κ3) is 13.5. The van der Waals surface area contributed by atoms with Gasteiger partial charge in [0.15, 0.2) is 11.5 Å². The van der Waals surface area contributed by atoms with Crippen molar-refractivity contribution in [1.82, 2.24) is 0 Å². The molecule has 632 valence electrons. The molecule has 0 spiro atoms. The van der Waals surface area contributed by atoms with Gasteiger partial charge in [0.2, 0.25) is 0 Å². The van der Waals surface area contributed by atoms with Crippen molar-refractivity contribution in [2.75, 3.05) is 24.5 Å². The van der Waals surface area contributed by atoms with E-state index in [1.165, 1.54) is 184 Å². The number of hydrogen-bond donors (Lipinski definition) is 0. The SMILES string of the molecule is CC(C)(C)c1cc(N2c3ccc(C(C)(C)C)cc3B3c4cc5c(cc4N(c4cc(C(C)(C)C)cc(C(C)(C)C)c4)c4cccc2c43)N(c2cc(C(C)(C)C)cc(C(C)(C)C)c2)c2cc3c4c6c2B5c2cc(C(C)(C)C)cc5c2N6c2c(cc(C(C)(C)C)cc2B4c2cc(C(C)(C)C)ccc2N3c2cc(C(C)(C)C)cc(C(C)(C)C)c2)O5)cc(C(C)(C)C)c1. The van der Waals surface area contributed by atoms with E-state index in [9.17, 15) is 0 Å². The van der Waals surface area contributed by atoms with Gasteiger partial charge in [0, 0.05) is 73.9 Å². The van der Waals surface area contributed by atoms with Crippen molar-refractivity contribution < 1.29 is 4.74 Å². The van der Waals surface area contributed by atoms with Crippen molar-refractivity contribution in [3.05, 3.63) is 237 Å². The van der Waals surface area contributed by atoms with Gasteiger partial charge in [0.1, 0.15) is 0 Å². The standard InChI is InChI=1S/C114H136B3N5O/c1-103(2,3)65-40-42-87-81(56-65)115-83-62-84-92(63-91(83)120(79-52-71(109(19,20)21)46-72(53-79)110(22,23)24)90-39-37-38-89(97(90)115)118(87)77-48-67(105(7,8)9)44-68(49-77)106(10,11)12)121(80-54-73(111(25,26)27)47-74(55-80)112(28,29)30)94-64-93-98-102-99(94)117(84)86-59-76(114(34,35)36)61-96-101(86)122(102)100-85(58-75(113(31,32)33)60-95(100)123-96)116(98)82-57-66(104(4,5)6)41-43-88(82)119(93)78-50-69(107(13,14)15)45-70(51-78)108(16,17)18/h37-64H,1-36H3. The van der Waals surface area contributed by atoms with Crippen molar-refractivity contribution in [3.8, 4) is 11.5 Å². The Morgan fingerprint density at radius 1 is 0.179 bits per heavy atom. The Morgan fingerprint density at radius 2 is 0.415 bits per heavy atom. The number of anilines is 15. The highest BCUT2D eigenvalue weighted by molar-refractivity contribution is 7.06. The molecule has 0 atom stereocenters. The summed E-state index contributed by atoms with van der Waals surface area (Å²) in [5.74, 6) is 1.83. The number of hydrogen-bond acceptors (Lipinski definition) is 6. The predicted octanol–water partition coefficient (Wildman–Crippen LogP) is 26.1. The van der Waals surface area contributed by atoms with Crippen LogP contribution in [0.5, 0.6) is 11.5 Å². The molecule has 7 aliphatic rings. The topological polar surface area (TPSA) is 25.4 Å². The summed E-state index contributed by atoms with van der Waals surface area (Å²) in [4.78, 5) is 13.8. The Labute approximate surface area is 741 Å². The Morgan fingerprint density at radius 3 is 0.707 bits per heavy atom. The molecule has 7 heterocycles. The molecule has 0 aromatic heterocycles. The fraction of sp³-hybridized carbons (Fsp3) is 0.421. The smallest absolute Gasteiger partial charge is 0.252 e. The summed E-state index contributed by atoms with van der Waals surface area (Å²) in [6, 6.07) is 71.4. The zero-order valence-corrected chi connectivity index (χ0v) is 81.5. The van der Waals surface area contributed by atoms with Gasteiger partial charge in [0.25, 0.3) is 20.1 Å². The van der Waals surface area contributed by atoms with Gasteiger partial charge in [0.05, 0.1) is 11.4 Å². The number of benzene rings is 11. The Balaban J connectivity index is 1.07. The first-order valence-electron chi connectivity index (χ1n) is 46.1. The largest absolute Gasteiger partial charge is 0.453 e. The maximum absolute atomic E-state index is 8.03. The number of rotatable bonds is 4. The summed E-state index contributed by atoms with van der Waals surface area (Å²) >= 11 is 0. The molecule has 0 unspecified atom stereocenters. The van der Waals surface area contributed by atoms with Crippen LogP contribution >= 0.6 is 0 Å². The molecule has 0 fully saturated rings. The van der Waals surface area contributed by atoms with Crippen LogP contribution in [0.4, 0.5) is 85.3 Å². The molecule has 0 N–H and O–H groups in total. The van der Waals surface area contributed by atoms with Gasteiger partial charge in [-0.2, -0.15) is 0 Å². The Hall–Kier alpha value is -9.59. The van der Waals surface area contributed by atoms with E-state index in [0.717, 1.165) is 28.6 Å². The van der Waals surface area contributed by atoms with E-state index in [1.807, 2.05) is 0 Å². The second-order valence-corrected chi connectivity index (χ2v) is 50.3.